The number of hydrogen-bond acceptors (Lipinski definition) is 7. The number of fused-ring (bicyclic) bond motifs is 5. The first-order chi connectivity index (χ1) is 20.1. The normalized spacial score (nSPS) is 21.4. The van der Waals surface area contributed by atoms with Crippen molar-refractivity contribution < 1.29 is 13.2 Å². The maximum absolute atomic E-state index is 13.6. The second-order valence-corrected chi connectivity index (χ2v) is 13.8. The monoisotopic (exact) mass is 619 g/mol. The van der Waals surface area contributed by atoms with Gasteiger partial charge in [-0.05, 0) is 60.5 Å². The maximum Gasteiger partial charge on any atom is 0.243 e. The maximum atomic E-state index is 13.6. The second-order valence-electron chi connectivity index (χ2n) is 10.9. The summed E-state index contributed by atoms with van der Waals surface area (Å²) in [5.41, 5.74) is 3.09. The van der Waals surface area contributed by atoms with E-state index in [1.807, 2.05) is 48.5 Å². The number of sulfonamides is 1. The number of ether oxygens (including phenoxy) is 1. The van der Waals surface area contributed by atoms with Crippen LogP contribution in [0.4, 0.5) is 0 Å². The van der Waals surface area contributed by atoms with Gasteiger partial charge in [0.1, 0.15) is 11.3 Å². The van der Waals surface area contributed by atoms with Gasteiger partial charge in [0.2, 0.25) is 15.9 Å². The lowest BCUT2D eigenvalue weighted by Crippen LogP contribution is -2.47. The number of hydrogen-bond donors (Lipinski definition) is 1. The van der Waals surface area contributed by atoms with Crippen LogP contribution in [-0.2, 0) is 15.7 Å². The minimum absolute atomic E-state index is 0.168. The van der Waals surface area contributed by atoms with Gasteiger partial charge >= 0.3 is 0 Å². The smallest absolute Gasteiger partial charge is 0.243 e. The van der Waals surface area contributed by atoms with E-state index in [4.69, 9.17) is 32.9 Å². The van der Waals surface area contributed by atoms with E-state index < -0.39 is 21.6 Å². The van der Waals surface area contributed by atoms with Gasteiger partial charge in [0.15, 0.2) is 11.4 Å². The number of nitrogens with zero attached hydrogens (tertiary/aromatic N) is 4. The van der Waals surface area contributed by atoms with Crippen LogP contribution in [0.1, 0.15) is 29.5 Å². The molecule has 1 fully saturated rings. The topological polar surface area (TPSA) is 87.1 Å². The van der Waals surface area contributed by atoms with Crippen molar-refractivity contribution >= 4 is 50.0 Å². The fraction of sp³-hybridized carbons (Fsp3) is 0.226. The number of aromatic nitrogens is 1. The van der Waals surface area contributed by atoms with E-state index in [9.17, 15) is 8.42 Å². The minimum atomic E-state index is -3.82. The largest absolute Gasteiger partial charge is 0.436 e. The Balaban J connectivity index is 1.56. The van der Waals surface area contributed by atoms with Gasteiger partial charge in [-0.3, -0.25) is 4.98 Å². The summed E-state index contributed by atoms with van der Waals surface area (Å²) < 4.78 is 35.2. The Morgan fingerprint density at radius 2 is 1.74 bits per heavy atom. The Bertz CT molecular complexity index is 1930. The van der Waals surface area contributed by atoms with E-state index in [-0.39, 0.29) is 4.90 Å². The summed E-state index contributed by atoms with van der Waals surface area (Å²) in [5.74, 6) is 1.42. The van der Waals surface area contributed by atoms with Crippen LogP contribution in [0.2, 0.25) is 10.0 Å². The third kappa shape index (κ3) is 4.02. The predicted octanol–water partition coefficient (Wildman–Crippen LogP) is 5.72. The molecule has 4 aromatic rings. The lowest BCUT2D eigenvalue weighted by Gasteiger charge is -2.44. The van der Waals surface area contributed by atoms with E-state index in [0.29, 0.717) is 51.2 Å². The minimum Gasteiger partial charge on any atom is -0.436 e. The number of rotatable bonds is 4. The molecular weight excluding hydrogens is 593 g/mol. The summed E-state index contributed by atoms with van der Waals surface area (Å²) in [5, 5.41) is 5.32. The number of halogens is 2. The Morgan fingerprint density at radius 3 is 2.43 bits per heavy atom. The van der Waals surface area contributed by atoms with Crippen molar-refractivity contribution in [2.45, 2.75) is 23.4 Å². The number of aliphatic imine (C=N–C) groups is 1. The van der Waals surface area contributed by atoms with Crippen molar-refractivity contribution in [1.29, 1.82) is 0 Å². The molecule has 2 unspecified atom stereocenters. The van der Waals surface area contributed by atoms with Crippen LogP contribution in [0.25, 0.3) is 10.9 Å². The zero-order valence-electron chi connectivity index (χ0n) is 23.1. The molecule has 4 heterocycles. The molecule has 1 saturated heterocycles. The van der Waals surface area contributed by atoms with Gasteiger partial charge in [-0.25, -0.2) is 17.7 Å². The summed E-state index contributed by atoms with van der Waals surface area (Å²) in [6.07, 6.45) is 1.64. The van der Waals surface area contributed by atoms with Gasteiger partial charge in [0.25, 0.3) is 0 Å². The summed E-state index contributed by atoms with van der Waals surface area (Å²) in [4.78, 5) is 12.3. The molecule has 7 rings (SSSR count). The van der Waals surface area contributed by atoms with Crippen LogP contribution >= 0.6 is 23.2 Å². The third-order valence-corrected chi connectivity index (χ3v) is 10.6. The van der Waals surface area contributed by atoms with Gasteiger partial charge in [-0.2, -0.15) is 0 Å². The van der Waals surface area contributed by atoms with Crippen LogP contribution in [0, 0.1) is 0 Å². The van der Waals surface area contributed by atoms with E-state index in [0.717, 1.165) is 22.5 Å². The molecule has 0 bridgehead atoms. The van der Waals surface area contributed by atoms with E-state index in [2.05, 4.69) is 22.1 Å². The molecule has 0 radical (unpaired) electrons. The predicted molar refractivity (Wildman–Crippen MR) is 165 cm³/mol. The molecule has 0 saturated carbocycles. The molecule has 8 nitrogen and oxygen atoms in total. The van der Waals surface area contributed by atoms with Crippen LogP contribution < -0.4 is 10.1 Å². The SMILES string of the molecule is CN(C)S(=O)(=O)c1cc2c(c3ncccc13)OC1=NC(C)(c3ccc(Cl)cc3)N3CCNC3=C1C2c1ccc(Cl)cc1. The summed E-state index contributed by atoms with van der Waals surface area (Å²) in [6.45, 7) is 3.49. The number of nitrogens with one attached hydrogen (secondary N) is 1. The molecule has 3 aromatic carbocycles. The van der Waals surface area contributed by atoms with Crippen molar-refractivity contribution in [3.05, 3.63) is 111 Å². The van der Waals surface area contributed by atoms with Crippen LogP contribution in [0.3, 0.4) is 0 Å². The van der Waals surface area contributed by atoms with Crippen molar-refractivity contribution in [1.82, 2.24) is 19.5 Å². The molecule has 42 heavy (non-hydrogen) atoms. The molecule has 1 N–H and O–H groups in total. The Labute approximate surface area is 254 Å². The van der Waals surface area contributed by atoms with E-state index >= 15 is 0 Å². The van der Waals surface area contributed by atoms with Gasteiger partial charge < -0.3 is 15.0 Å². The molecule has 11 heteroatoms. The highest BCUT2D eigenvalue weighted by molar-refractivity contribution is 7.89. The first-order valence-corrected chi connectivity index (χ1v) is 15.7. The molecule has 0 spiro atoms. The van der Waals surface area contributed by atoms with Gasteiger partial charge in [-0.15, -0.1) is 0 Å². The number of pyridine rings is 1. The molecule has 3 aliphatic heterocycles. The highest BCUT2D eigenvalue weighted by atomic mass is 35.5. The molecule has 3 aliphatic rings. The Morgan fingerprint density at radius 1 is 1.05 bits per heavy atom. The zero-order chi connectivity index (χ0) is 29.4. The molecule has 214 valence electrons. The average molecular weight is 621 g/mol. The lowest BCUT2D eigenvalue weighted by atomic mass is 9.80. The molecule has 0 aliphatic carbocycles. The molecule has 2 atom stereocenters. The molecule has 1 aromatic heterocycles. The van der Waals surface area contributed by atoms with E-state index in [1.54, 1.807) is 24.4 Å². The zero-order valence-corrected chi connectivity index (χ0v) is 25.4. The van der Waals surface area contributed by atoms with Gasteiger partial charge in [0.05, 0.1) is 10.5 Å². The average Bonchev–Trinajstić information content (AvgIpc) is 3.48. The Hall–Kier alpha value is -3.63. The van der Waals surface area contributed by atoms with Crippen molar-refractivity contribution in [3.63, 3.8) is 0 Å². The molecule has 0 amide bonds. The van der Waals surface area contributed by atoms with E-state index in [1.165, 1.54) is 18.4 Å². The first kappa shape index (κ1) is 27.2. The van der Waals surface area contributed by atoms with Gasteiger partial charge in [-0.1, -0.05) is 47.5 Å². The van der Waals surface area contributed by atoms with Crippen molar-refractivity contribution in [2.75, 3.05) is 27.2 Å². The third-order valence-electron chi connectivity index (χ3n) is 8.22. The second kappa shape index (κ2) is 9.70. The summed E-state index contributed by atoms with van der Waals surface area (Å²) >= 11 is 12.5. The van der Waals surface area contributed by atoms with Crippen LogP contribution in [0.5, 0.6) is 5.75 Å². The quantitative estimate of drug-likeness (QED) is 0.314. The van der Waals surface area contributed by atoms with Gasteiger partial charge in [0, 0.05) is 60.3 Å². The highest BCUT2D eigenvalue weighted by Gasteiger charge is 2.48. The number of benzene rings is 3. The van der Waals surface area contributed by atoms with Crippen molar-refractivity contribution in [3.8, 4) is 5.75 Å². The van der Waals surface area contributed by atoms with Crippen LogP contribution in [-0.4, -0.2) is 55.7 Å². The van der Waals surface area contributed by atoms with Crippen LogP contribution in [0.15, 0.2) is 94.2 Å². The standard InChI is InChI=1S/C31H27Cl2N5O3S/c1-31(19-8-12-21(33)13-9-19)36-30-26(29-35-15-16-38(29)31)25(18-6-10-20(32)11-7-18)23-17-24(42(39,40)37(2)3)22-5-4-14-34-27(22)28(23)41-30/h4-14,17,25,35H,15-16H2,1-3H3. The Kier molecular flexibility index (Phi) is 6.29. The lowest BCUT2D eigenvalue weighted by molar-refractivity contribution is 0.168. The fourth-order valence-electron chi connectivity index (χ4n) is 6.10. The highest BCUT2D eigenvalue weighted by Crippen LogP contribution is 2.51. The summed E-state index contributed by atoms with van der Waals surface area (Å²) in [7, 11) is -0.768. The molecular formula is C31H27Cl2N5O3S. The van der Waals surface area contributed by atoms with Crippen molar-refractivity contribution in [2.24, 2.45) is 4.99 Å². The fourth-order valence-corrected chi connectivity index (χ4v) is 7.47. The summed E-state index contributed by atoms with van der Waals surface area (Å²) in [6, 6.07) is 20.5. The first-order valence-electron chi connectivity index (χ1n) is 13.5.